The molecule has 21 heavy (non-hydrogen) atoms. The number of hydrogen-bond acceptors (Lipinski definition) is 5. The average Bonchev–Trinajstić information content (AvgIpc) is 3.21. The van der Waals surface area contributed by atoms with Crippen LogP contribution in [-0.4, -0.2) is 29.3 Å². The standard InChI is InChI=1S/C14H24N4O3/c1-9(2)7-18-12(15)11(13(19)17-14(18)20)16-5-6-21-8-10-3-4-10/h9-10,16H,3-8,15H2,1-2H3,(H,17,19,20). The summed E-state index contributed by atoms with van der Waals surface area (Å²) >= 11 is 0. The molecule has 0 aromatic carbocycles. The van der Waals surface area contributed by atoms with Crippen LogP contribution < -0.4 is 22.3 Å². The predicted octanol–water partition coefficient (Wildman–Crippen LogP) is 0.613. The summed E-state index contributed by atoms with van der Waals surface area (Å²) < 4.78 is 6.88. The molecule has 7 nitrogen and oxygen atoms in total. The first-order valence-electron chi connectivity index (χ1n) is 7.43. The van der Waals surface area contributed by atoms with Crippen molar-refractivity contribution in [2.24, 2.45) is 11.8 Å². The molecule has 118 valence electrons. The molecule has 0 amide bonds. The minimum absolute atomic E-state index is 0.180. The first kappa shape index (κ1) is 15.6. The van der Waals surface area contributed by atoms with Crippen LogP contribution in [0.3, 0.4) is 0 Å². The maximum absolute atomic E-state index is 11.8. The van der Waals surface area contributed by atoms with Crippen LogP contribution in [0.25, 0.3) is 0 Å². The molecule has 0 radical (unpaired) electrons. The van der Waals surface area contributed by atoms with E-state index in [1.165, 1.54) is 17.4 Å². The number of hydrogen-bond donors (Lipinski definition) is 3. The van der Waals surface area contributed by atoms with Crippen molar-refractivity contribution in [1.29, 1.82) is 0 Å². The molecule has 0 saturated heterocycles. The molecule has 1 aliphatic carbocycles. The topological polar surface area (TPSA) is 102 Å². The van der Waals surface area contributed by atoms with Gasteiger partial charge in [-0.3, -0.25) is 14.3 Å². The molecule has 1 fully saturated rings. The molecule has 0 atom stereocenters. The fourth-order valence-electron chi connectivity index (χ4n) is 2.09. The van der Waals surface area contributed by atoms with Gasteiger partial charge in [-0.1, -0.05) is 13.8 Å². The number of rotatable bonds is 8. The Morgan fingerprint density at radius 3 is 2.76 bits per heavy atom. The highest BCUT2D eigenvalue weighted by Crippen LogP contribution is 2.28. The Hall–Kier alpha value is -1.76. The van der Waals surface area contributed by atoms with E-state index in [1.54, 1.807) is 0 Å². The zero-order valence-electron chi connectivity index (χ0n) is 12.6. The summed E-state index contributed by atoms with van der Waals surface area (Å²) in [5.74, 6) is 1.15. The Balaban J connectivity index is 1.99. The lowest BCUT2D eigenvalue weighted by molar-refractivity contribution is 0.134. The minimum Gasteiger partial charge on any atom is -0.383 e. The zero-order chi connectivity index (χ0) is 15.4. The third-order valence-corrected chi connectivity index (χ3v) is 3.39. The quantitative estimate of drug-likeness (QED) is 0.610. The van der Waals surface area contributed by atoms with Gasteiger partial charge >= 0.3 is 5.69 Å². The van der Waals surface area contributed by atoms with Gasteiger partial charge in [-0.15, -0.1) is 0 Å². The number of aromatic amines is 1. The van der Waals surface area contributed by atoms with Crippen molar-refractivity contribution in [1.82, 2.24) is 9.55 Å². The van der Waals surface area contributed by atoms with E-state index in [-0.39, 0.29) is 17.4 Å². The molecule has 1 aliphatic rings. The molecule has 1 aromatic heterocycles. The van der Waals surface area contributed by atoms with Gasteiger partial charge in [0.1, 0.15) is 11.5 Å². The highest BCUT2D eigenvalue weighted by Gasteiger charge is 2.21. The fraction of sp³-hybridized carbons (Fsp3) is 0.714. The molecule has 1 saturated carbocycles. The van der Waals surface area contributed by atoms with Gasteiger partial charge in [0.05, 0.1) is 6.61 Å². The van der Waals surface area contributed by atoms with Crippen molar-refractivity contribution in [3.63, 3.8) is 0 Å². The molecule has 0 unspecified atom stereocenters. The normalized spacial score (nSPS) is 14.6. The van der Waals surface area contributed by atoms with E-state index in [1.807, 2.05) is 13.8 Å². The largest absolute Gasteiger partial charge is 0.383 e. The molecule has 0 aliphatic heterocycles. The van der Waals surface area contributed by atoms with E-state index >= 15 is 0 Å². The third-order valence-electron chi connectivity index (χ3n) is 3.39. The smallest absolute Gasteiger partial charge is 0.330 e. The number of nitrogens with two attached hydrogens (primary N) is 1. The number of H-pyrrole nitrogens is 1. The van der Waals surface area contributed by atoms with Crippen LogP contribution in [0.15, 0.2) is 9.59 Å². The SMILES string of the molecule is CC(C)Cn1c(N)c(NCCOCC2CC2)c(=O)[nH]c1=O. The molecule has 4 N–H and O–H groups in total. The Labute approximate surface area is 123 Å². The van der Waals surface area contributed by atoms with Gasteiger partial charge in [-0.05, 0) is 24.7 Å². The Kier molecular flexibility index (Phi) is 5.06. The maximum Gasteiger partial charge on any atom is 0.330 e. The first-order valence-corrected chi connectivity index (χ1v) is 7.43. The second kappa shape index (κ2) is 6.80. The van der Waals surface area contributed by atoms with Crippen LogP contribution in [0, 0.1) is 11.8 Å². The molecular weight excluding hydrogens is 272 g/mol. The Morgan fingerprint density at radius 1 is 1.43 bits per heavy atom. The van der Waals surface area contributed by atoms with Crippen molar-refractivity contribution >= 4 is 11.5 Å². The van der Waals surface area contributed by atoms with Crippen molar-refractivity contribution in [2.45, 2.75) is 33.2 Å². The summed E-state index contributed by atoms with van der Waals surface area (Å²) in [5.41, 5.74) is 5.23. The summed E-state index contributed by atoms with van der Waals surface area (Å²) in [5, 5.41) is 2.96. The monoisotopic (exact) mass is 296 g/mol. The highest BCUT2D eigenvalue weighted by molar-refractivity contribution is 5.60. The van der Waals surface area contributed by atoms with Crippen molar-refractivity contribution in [2.75, 3.05) is 30.8 Å². The molecular formula is C14H24N4O3. The Morgan fingerprint density at radius 2 is 2.14 bits per heavy atom. The number of nitrogens with zero attached hydrogens (tertiary/aromatic N) is 1. The van der Waals surface area contributed by atoms with Crippen LogP contribution in [-0.2, 0) is 11.3 Å². The van der Waals surface area contributed by atoms with Gasteiger partial charge in [-0.25, -0.2) is 4.79 Å². The lowest BCUT2D eigenvalue weighted by Crippen LogP contribution is -2.35. The average molecular weight is 296 g/mol. The van der Waals surface area contributed by atoms with Crippen LogP contribution in [0.4, 0.5) is 11.5 Å². The number of ether oxygens (including phenoxy) is 1. The van der Waals surface area contributed by atoms with Gasteiger partial charge in [0.15, 0.2) is 0 Å². The van der Waals surface area contributed by atoms with Crippen LogP contribution in [0.2, 0.25) is 0 Å². The molecule has 0 spiro atoms. The molecule has 2 rings (SSSR count). The van der Waals surface area contributed by atoms with Crippen LogP contribution in [0.1, 0.15) is 26.7 Å². The van der Waals surface area contributed by atoms with Gasteiger partial charge in [0.2, 0.25) is 0 Å². The molecule has 1 heterocycles. The zero-order valence-corrected chi connectivity index (χ0v) is 12.6. The summed E-state index contributed by atoms with van der Waals surface area (Å²) in [4.78, 5) is 25.9. The van der Waals surface area contributed by atoms with E-state index in [0.717, 1.165) is 6.61 Å². The van der Waals surface area contributed by atoms with E-state index in [4.69, 9.17) is 10.5 Å². The minimum atomic E-state index is -0.486. The van der Waals surface area contributed by atoms with Crippen LogP contribution >= 0.6 is 0 Å². The summed E-state index contributed by atoms with van der Waals surface area (Å²) in [6.07, 6.45) is 2.50. The third kappa shape index (κ3) is 4.35. The first-order chi connectivity index (χ1) is 9.99. The second-order valence-corrected chi connectivity index (χ2v) is 5.97. The van der Waals surface area contributed by atoms with Crippen LogP contribution in [0.5, 0.6) is 0 Å². The summed E-state index contributed by atoms with van der Waals surface area (Å²) in [6.45, 7) is 6.21. The molecule has 7 heteroatoms. The molecule has 0 bridgehead atoms. The van der Waals surface area contributed by atoms with Crippen molar-refractivity contribution in [3.8, 4) is 0 Å². The van der Waals surface area contributed by atoms with E-state index in [2.05, 4.69) is 10.3 Å². The molecule has 1 aromatic rings. The second-order valence-electron chi connectivity index (χ2n) is 5.97. The van der Waals surface area contributed by atoms with Gasteiger partial charge in [0.25, 0.3) is 5.56 Å². The van der Waals surface area contributed by atoms with E-state index < -0.39 is 11.2 Å². The lowest BCUT2D eigenvalue weighted by atomic mass is 10.2. The van der Waals surface area contributed by atoms with Gasteiger partial charge in [-0.2, -0.15) is 0 Å². The summed E-state index contributed by atoms with van der Waals surface area (Å²) in [6, 6.07) is 0. The number of nitrogen functional groups attached to an aromatic ring is 1. The van der Waals surface area contributed by atoms with Gasteiger partial charge in [0, 0.05) is 19.7 Å². The van der Waals surface area contributed by atoms with Gasteiger partial charge < -0.3 is 15.8 Å². The maximum atomic E-state index is 11.8. The van der Waals surface area contributed by atoms with Crippen molar-refractivity contribution in [3.05, 3.63) is 20.8 Å². The number of nitrogens with one attached hydrogen (secondary N) is 2. The summed E-state index contributed by atoms with van der Waals surface area (Å²) in [7, 11) is 0. The predicted molar refractivity (Wildman–Crippen MR) is 82.6 cm³/mol. The fourth-order valence-corrected chi connectivity index (χ4v) is 2.09. The van der Waals surface area contributed by atoms with E-state index in [9.17, 15) is 9.59 Å². The Bertz CT molecular complexity index is 587. The lowest BCUT2D eigenvalue weighted by Gasteiger charge is -2.15. The highest BCUT2D eigenvalue weighted by atomic mass is 16.5. The van der Waals surface area contributed by atoms with Crippen molar-refractivity contribution < 1.29 is 4.74 Å². The van der Waals surface area contributed by atoms with E-state index in [0.29, 0.717) is 25.6 Å². The number of aromatic nitrogens is 2. The number of anilines is 2.